The fourth-order valence-corrected chi connectivity index (χ4v) is 2.55. The summed E-state index contributed by atoms with van der Waals surface area (Å²) in [5.74, 6) is -0.207. The van der Waals surface area contributed by atoms with Crippen LogP contribution in [-0.4, -0.2) is 42.5 Å². The number of nitrogens with zero attached hydrogens (tertiary/aromatic N) is 1. The smallest absolute Gasteiger partial charge is 0.231 e. The van der Waals surface area contributed by atoms with E-state index in [2.05, 4.69) is 24.1 Å². The SMILES string of the molecule is CCCC(C)N(CC(N)=O)C1CCNCC1. The van der Waals surface area contributed by atoms with Crippen molar-refractivity contribution in [2.24, 2.45) is 5.73 Å². The molecule has 0 aromatic heterocycles. The van der Waals surface area contributed by atoms with Gasteiger partial charge in [0, 0.05) is 12.1 Å². The molecule has 1 atom stereocenters. The second-order valence-corrected chi connectivity index (χ2v) is 4.76. The van der Waals surface area contributed by atoms with Gasteiger partial charge in [0.25, 0.3) is 0 Å². The Morgan fingerprint density at radius 3 is 2.62 bits per heavy atom. The summed E-state index contributed by atoms with van der Waals surface area (Å²) in [6, 6.07) is 0.982. The van der Waals surface area contributed by atoms with E-state index in [1.165, 1.54) is 0 Å². The van der Waals surface area contributed by atoms with Gasteiger partial charge >= 0.3 is 0 Å². The van der Waals surface area contributed by atoms with E-state index in [0.717, 1.165) is 38.8 Å². The molecule has 0 aliphatic carbocycles. The number of amides is 1. The van der Waals surface area contributed by atoms with E-state index < -0.39 is 0 Å². The molecule has 1 fully saturated rings. The van der Waals surface area contributed by atoms with Gasteiger partial charge in [0.15, 0.2) is 0 Å². The van der Waals surface area contributed by atoms with E-state index in [1.54, 1.807) is 0 Å². The van der Waals surface area contributed by atoms with Crippen LogP contribution in [0.5, 0.6) is 0 Å². The minimum atomic E-state index is -0.207. The van der Waals surface area contributed by atoms with Crippen LogP contribution in [0.15, 0.2) is 0 Å². The monoisotopic (exact) mass is 227 g/mol. The van der Waals surface area contributed by atoms with Gasteiger partial charge in [-0.2, -0.15) is 0 Å². The highest BCUT2D eigenvalue weighted by molar-refractivity contribution is 5.76. The van der Waals surface area contributed by atoms with Crippen LogP contribution in [0, 0.1) is 0 Å². The molecule has 1 heterocycles. The zero-order chi connectivity index (χ0) is 12.0. The molecule has 1 aliphatic heterocycles. The first-order chi connectivity index (χ1) is 7.65. The lowest BCUT2D eigenvalue weighted by Crippen LogP contribution is -2.50. The summed E-state index contributed by atoms with van der Waals surface area (Å²) >= 11 is 0. The van der Waals surface area contributed by atoms with Crippen LogP contribution in [0.1, 0.15) is 39.5 Å². The predicted octanol–water partition coefficient (Wildman–Crippen LogP) is 0.714. The highest BCUT2D eigenvalue weighted by atomic mass is 16.1. The number of carbonyl (C=O) groups excluding carboxylic acids is 1. The maximum Gasteiger partial charge on any atom is 0.231 e. The number of nitrogens with one attached hydrogen (secondary N) is 1. The van der Waals surface area contributed by atoms with Crippen LogP contribution in [0.25, 0.3) is 0 Å². The summed E-state index contributed by atoms with van der Waals surface area (Å²) in [5.41, 5.74) is 5.34. The molecule has 0 aromatic carbocycles. The number of carbonyl (C=O) groups is 1. The minimum Gasteiger partial charge on any atom is -0.369 e. The van der Waals surface area contributed by atoms with Crippen LogP contribution >= 0.6 is 0 Å². The molecule has 0 saturated carbocycles. The van der Waals surface area contributed by atoms with Crippen molar-refractivity contribution in [2.75, 3.05) is 19.6 Å². The fourth-order valence-electron chi connectivity index (χ4n) is 2.55. The molecule has 0 bridgehead atoms. The molecule has 0 aromatic rings. The highest BCUT2D eigenvalue weighted by Crippen LogP contribution is 2.17. The molecule has 0 spiro atoms. The molecule has 1 saturated heterocycles. The van der Waals surface area contributed by atoms with Crippen molar-refractivity contribution in [3.63, 3.8) is 0 Å². The summed E-state index contributed by atoms with van der Waals surface area (Å²) in [6.45, 7) is 6.90. The van der Waals surface area contributed by atoms with Crippen LogP contribution in [0.3, 0.4) is 0 Å². The van der Waals surface area contributed by atoms with Gasteiger partial charge in [0.05, 0.1) is 6.54 Å². The number of rotatable bonds is 6. The van der Waals surface area contributed by atoms with Crippen LogP contribution in [0.4, 0.5) is 0 Å². The molecule has 16 heavy (non-hydrogen) atoms. The van der Waals surface area contributed by atoms with Crippen molar-refractivity contribution in [2.45, 2.75) is 51.6 Å². The van der Waals surface area contributed by atoms with Crippen molar-refractivity contribution in [3.8, 4) is 0 Å². The van der Waals surface area contributed by atoms with Gasteiger partial charge in [-0.3, -0.25) is 9.69 Å². The zero-order valence-corrected chi connectivity index (χ0v) is 10.5. The number of hydrogen-bond acceptors (Lipinski definition) is 3. The van der Waals surface area contributed by atoms with Gasteiger partial charge in [-0.15, -0.1) is 0 Å². The summed E-state index contributed by atoms with van der Waals surface area (Å²) < 4.78 is 0. The van der Waals surface area contributed by atoms with Gasteiger partial charge in [0.1, 0.15) is 0 Å². The Kier molecular flexibility index (Phi) is 5.77. The number of primary amides is 1. The van der Waals surface area contributed by atoms with E-state index >= 15 is 0 Å². The fraction of sp³-hybridized carbons (Fsp3) is 0.917. The van der Waals surface area contributed by atoms with E-state index in [1.807, 2.05) is 0 Å². The lowest BCUT2D eigenvalue weighted by Gasteiger charge is -2.38. The largest absolute Gasteiger partial charge is 0.369 e. The average molecular weight is 227 g/mol. The molecule has 94 valence electrons. The molecule has 4 heteroatoms. The topological polar surface area (TPSA) is 58.4 Å². The third-order valence-corrected chi connectivity index (χ3v) is 3.39. The number of hydrogen-bond donors (Lipinski definition) is 2. The van der Waals surface area contributed by atoms with Gasteiger partial charge in [-0.25, -0.2) is 0 Å². The first-order valence-electron chi connectivity index (χ1n) is 6.40. The molecular formula is C12H25N3O. The summed E-state index contributed by atoms with van der Waals surface area (Å²) in [6.07, 6.45) is 4.54. The molecule has 0 radical (unpaired) electrons. The van der Waals surface area contributed by atoms with E-state index in [-0.39, 0.29) is 5.91 Å². The van der Waals surface area contributed by atoms with Gasteiger partial charge in [-0.1, -0.05) is 13.3 Å². The Morgan fingerprint density at radius 1 is 1.50 bits per heavy atom. The first kappa shape index (κ1) is 13.5. The lowest BCUT2D eigenvalue weighted by atomic mass is 10.0. The highest BCUT2D eigenvalue weighted by Gasteiger charge is 2.25. The van der Waals surface area contributed by atoms with Crippen molar-refractivity contribution < 1.29 is 4.79 Å². The Bertz CT molecular complexity index is 214. The summed E-state index contributed by atoms with van der Waals surface area (Å²) in [4.78, 5) is 13.4. The Labute approximate surface area is 98.6 Å². The first-order valence-corrected chi connectivity index (χ1v) is 6.40. The zero-order valence-electron chi connectivity index (χ0n) is 10.5. The lowest BCUT2D eigenvalue weighted by molar-refractivity contribution is -0.120. The molecule has 1 aliphatic rings. The maximum atomic E-state index is 11.1. The Morgan fingerprint density at radius 2 is 2.12 bits per heavy atom. The normalized spacial score (nSPS) is 19.9. The molecule has 3 N–H and O–H groups in total. The summed E-state index contributed by atoms with van der Waals surface area (Å²) in [5, 5.41) is 3.35. The predicted molar refractivity (Wildman–Crippen MR) is 66.2 cm³/mol. The van der Waals surface area contributed by atoms with Crippen LogP contribution in [-0.2, 0) is 4.79 Å². The minimum absolute atomic E-state index is 0.207. The summed E-state index contributed by atoms with van der Waals surface area (Å²) in [7, 11) is 0. The standard InChI is InChI=1S/C12H25N3O/c1-3-4-10(2)15(9-12(13)16)11-5-7-14-8-6-11/h10-11,14H,3-9H2,1-2H3,(H2,13,16). The van der Waals surface area contributed by atoms with Gasteiger partial charge in [0.2, 0.25) is 5.91 Å². The van der Waals surface area contributed by atoms with Crippen LogP contribution in [0.2, 0.25) is 0 Å². The van der Waals surface area contributed by atoms with E-state index in [9.17, 15) is 4.79 Å². The molecule has 1 unspecified atom stereocenters. The average Bonchev–Trinajstić information content (AvgIpc) is 2.27. The van der Waals surface area contributed by atoms with Crippen molar-refractivity contribution >= 4 is 5.91 Å². The molecule has 1 rings (SSSR count). The molecule has 4 nitrogen and oxygen atoms in total. The van der Waals surface area contributed by atoms with Crippen molar-refractivity contribution in [1.82, 2.24) is 10.2 Å². The van der Waals surface area contributed by atoms with Crippen molar-refractivity contribution in [3.05, 3.63) is 0 Å². The number of piperidine rings is 1. The number of nitrogens with two attached hydrogens (primary N) is 1. The van der Waals surface area contributed by atoms with Crippen molar-refractivity contribution in [1.29, 1.82) is 0 Å². The quantitative estimate of drug-likeness (QED) is 0.703. The third kappa shape index (κ3) is 4.10. The van der Waals surface area contributed by atoms with E-state index in [0.29, 0.717) is 18.6 Å². The van der Waals surface area contributed by atoms with Gasteiger partial charge in [-0.05, 0) is 39.3 Å². The second kappa shape index (κ2) is 6.86. The molecular weight excluding hydrogens is 202 g/mol. The molecule has 1 amide bonds. The Hall–Kier alpha value is -0.610. The van der Waals surface area contributed by atoms with Gasteiger partial charge < -0.3 is 11.1 Å². The Balaban J connectivity index is 2.56. The maximum absolute atomic E-state index is 11.1. The van der Waals surface area contributed by atoms with E-state index in [4.69, 9.17) is 5.73 Å². The third-order valence-electron chi connectivity index (χ3n) is 3.39. The van der Waals surface area contributed by atoms with Crippen LogP contribution < -0.4 is 11.1 Å². The second-order valence-electron chi connectivity index (χ2n) is 4.76.